The number of carbonyl (C=O) groups is 1. The summed E-state index contributed by atoms with van der Waals surface area (Å²) in [5.41, 5.74) is 9.94. The van der Waals surface area contributed by atoms with Gasteiger partial charge in [-0.1, -0.05) is 17.7 Å². The van der Waals surface area contributed by atoms with E-state index in [0.29, 0.717) is 32.2 Å². The number of hydrogen-bond donors (Lipinski definition) is 1. The fraction of sp³-hybridized carbons (Fsp3) is 0.529. The first-order chi connectivity index (χ1) is 20.8. The van der Waals surface area contributed by atoms with Gasteiger partial charge in [0.1, 0.15) is 12.4 Å². The number of benzene rings is 2. The molecule has 2 fully saturated rings. The number of piperidine rings is 1. The molecule has 0 unspecified atom stereocenters. The van der Waals surface area contributed by atoms with Crippen molar-refractivity contribution in [1.82, 2.24) is 9.88 Å². The number of rotatable bonds is 8. The number of carboxylic acids is 1. The molecule has 0 bridgehead atoms. The standard InChI is InChI=1S/C34H43N3O5S/c1-21-5-6-31(28(15-21)30-20-43-34(35-30)37-12-8-27(33(38)39)32(18-37)40-4)42-19-24-16-22(2)29-17-36(11-7-26(29)23(24)3)25-9-13-41-14-10-25/h5-6,15-16,20,25,27,32H,7-14,17-19H2,1-4H3,(H,38,39)/t27-,32+/m1/s1. The van der Waals surface area contributed by atoms with Gasteiger partial charge >= 0.3 is 5.97 Å². The maximum Gasteiger partial charge on any atom is 0.309 e. The molecule has 8 nitrogen and oxygen atoms in total. The summed E-state index contributed by atoms with van der Waals surface area (Å²) in [7, 11) is 1.58. The molecule has 0 spiro atoms. The Hall–Kier alpha value is -2.98. The largest absolute Gasteiger partial charge is 0.488 e. The van der Waals surface area contributed by atoms with Gasteiger partial charge in [-0.05, 0) is 86.4 Å². The van der Waals surface area contributed by atoms with Crippen molar-refractivity contribution in [1.29, 1.82) is 0 Å². The van der Waals surface area contributed by atoms with E-state index in [4.69, 9.17) is 19.2 Å². The third kappa shape index (κ3) is 6.32. The van der Waals surface area contributed by atoms with E-state index in [1.807, 2.05) is 0 Å². The zero-order valence-corrected chi connectivity index (χ0v) is 26.5. The maximum atomic E-state index is 11.6. The molecule has 0 amide bonds. The van der Waals surface area contributed by atoms with Crippen LogP contribution < -0.4 is 9.64 Å². The predicted octanol–water partition coefficient (Wildman–Crippen LogP) is 5.78. The van der Waals surface area contributed by atoms with Gasteiger partial charge in [0, 0.05) is 63.5 Å². The van der Waals surface area contributed by atoms with Gasteiger partial charge in [-0.2, -0.15) is 0 Å². The van der Waals surface area contributed by atoms with Crippen molar-refractivity contribution < 1.29 is 24.1 Å². The third-order valence-electron chi connectivity index (χ3n) is 9.62. The molecular formula is C34H43N3O5S. The first-order valence-corrected chi connectivity index (χ1v) is 16.3. The monoisotopic (exact) mass is 605 g/mol. The van der Waals surface area contributed by atoms with Crippen LogP contribution >= 0.6 is 11.3 Å². The van der Waals surface area contributed by atoms with E-state index in [9.17, 15) is 9.90 Å². The fourth-order valence-corrected chi connectivity index (χ4v) is 7.86. The zero-order valence-electron chi connectivity index (χ0n) is 25.7. The lowest BCUT2D eigenvalue weighted by Crippen LogP contribution is -2.47. The predicted molar refractivity (Wildman–Crippen MR) is 169 cm³/mol. The van der Waals surface area contributed by atoms with Gasteiger partial charge in [-0.15, -0.1) is 11.3 Å². The Morgan fingerprint density at radius 3 is 2.70 bits per heavy atom. The zero-order chi connectivity index (χ0) is 30.1. The summed E-state index contributed by atoms with van der Waals surface area (Å²) in [6, 6.07) is 9.23. The summed E-state index contributed by atoms with van der Waals surface area (Å²) in [6.07, 6.45) is 3.53. The number of anilines is 1. The number of carboxylic acid groups (broad SMARTS) is 1. The van der Waals surface area contributed by atoms with Gasteiger partial charge in [0.15, 0.2) is 5.13 Å². The van der Waals surface area contributed by atoms with Gasteiger partial charge in [-0.25, -0.2) is 4.98 Å². The SMILES string of the molecule is CO[C@H]1CN(c2nc(-c3cc(C)ccc3OCc3cc(C)c4c(c3C)CCN(C3CCOCC3)C4)cs2)CC[C@H]1C(=O)O. The van der Waals surface area contributed by atoms with Crippen LogP contribution in [0.5, 0.6) is 5.75 Å². The highest BCUT2D eigenvalue weighted by molar-refractivity contribution is 7.14. The van der Waals surface area contributed by atoms with E-state index < -0.39 is 11.9 Å². The molecule has 3 aromatic rings. The van der Waals surface area contributed by atoms with Crippen molar-refractivity contribution >= 4 is 22.4 Å². The first kappa shape index (κ1) is 30.1. The van der Waals surface area contributed by atoms with Crippen LogP contribution in [0, 0.1) is 26.7 Å². The molecule has 230 valence electrons. The Morgan fingerprint density at radius 1 is 1.12 bits per heavy atom. The molecule has 1 N–H and O–H groups in total. The minimum Gasteiger partial charge on any atom is -0.488 e. The Labute approximate surface area is 258 Å². The highest BCUT2D eigenvalue weighted by atomic mass is 32.1. The van der Waals surface area contributed by atoms with Crippen LogP contribution in [0.2, 0.25) is 0 Å². The second-order valence-electron chi connectivity index (χ2n) is 12.3. The number of fused-ring (bicyclic) bond motifs is 1. The number of methoxy groups -OCH3 is 1. The normalized spacial score (nSPS) is 21.5. The third-order valence-corrected chi connectivity index (χ3v) is 10.5. The topological polar surface area (TPSA) is 84.4 Å². The highest BCUT2D eigenvalue weighted by Crippen LogP contribution is 2.37. The van der Waals surface area contributed by atoms with Crippen LogP contribution in [0.4, 0.5) is 5.13 Å². The Morgan fingerprint density at radius 2 is 1.93 bits per heavy atom. The molecular weight excluding hydrogens is 562 g/mol. The van der Waals surface area contributed by atoms with Gasteiger partial charge in [-0.3, -0.25) is 9.69 Å². The molecule has 0 aliphatic carbocycles. The van der Waals surface area contributed by atoms with Crippen molar-refractivity contribution in [2.75, 3.05) is 44.9 Å². The number of aromatic nitrogens is 1. The minimum atomic E-state index is -0.797. The van der Waals surface area contributed by atoms with E-state index >= 15 is 0 Å². The van der Waals surface area contributed by atoms with Crippen LogP contribution in [0.15, 0.2) is 29.6 Å². The number of nitrogens with zero attached hydrogens (tertiary/aromatic N) is 3. The molecule has 6 rings (SSSR count). The summed E-state index contributed by atoms with van der Waals surface area (Å²) in [5, 5.41) is 12.5. The van der Waals surface area contributed by atoms with Crippen molar-refractivity contribution in [3.8, 4) is 17.0 Å². The molecule has 0 radical (unpaired) electrons. The van der Waals surface area contributed by atoms with Crippen LogP contribution in [-0.2, 0) is 33.8 Å². The van der Waals surface area contributed by atoms with Crippen LogP contribution in [0.25, 0.3) is 11.3 Å². The Kier molecular flexibility index (Phi) is 9.05. The maximum absolute atomic E-state index is 11.6. The number of thiazole rings is 1. The van der Waals surface area contributed by atoms with E-state index in [1.165, 1.54) is 27.8 Å². The summed E-state index contributed by atoms with van der Waals surface area (Å²) < 4.78 is 17.7. The molecule has 0 saturated carbocycles. The van der Waals surface area contributed by atoms with E-state index in [0.717, 1.165) is 73.3 Å². The second kappa shape index (κ2) is 12.9. The molecule has 9 heteroatoms. The fourth-order valence-electron chi connectivity index (χ4n) is 6.99. The lowest BCUT2D eigenvalue weighted by molar-refractivity contribution is -0.147. The Bertz CT molecular complexity index is 1470. The van der Waals surface area contributed by atoms with Gasteiger partial charge in [0.05, 0.1) is 17.7 Å². The highest BCUT2D eigenvalue weighted by Gasteiger charge is 2.35. The number of aliphatic carboxylic acids is 1. The van der Waals surface area contributed by atoms with E-state index in [2.05, 4.69) is 60.2 Å². The van der Waals surface area contributed by atoms with Gasteiger partial charge in [0.2, 0.25) is 0 Å². The molecule has 3 aliphatic rings. The second-order valence-corrected chi connectivity index (χ2v) is 13.1. The molecule has 4 heterocycles. The average molecular weight is 606 g/mol. The molecule has 2 aromatic carbocycles. The molecule has 2 atom stereocenters. The smallest absolute Gasteiger partial charge is 0.309 e. The summed E-state index contributed by atoms with van der Waals surface area (Å²) in [6.45, 7) is 12.1. The molecule has 1 aromatic heterocycles. The minimum absolute atomic E-state index is 0.357. The van der Waals surface area contributed by atoms with Gasteiger partial charge < -0.3 is 24.2 Å². The summed E-state index contributed by atoms with van der Waals surface area (Å²) >= 11 is 1.58. The van der Waals surface area contributed by atoms with Crippen LogP contribution in [-0.4, -0.2) is 73.1 Å². The number of aryl methyl sites for hydroxylation is 2. The Balaban J connectivity index is 1.18. The number of ether oxygens (including phenoxy) is 3. The van der Waals surface area contributed by atoms with Crippen molar-refractivity contribution in [2.45, 2.75) is 71.8 Å². The van der Waals surface area contributed by atoms with Crippen molar-refractivity contribution in [3.63, 3.8) is 0 Å². The summed E-state index contributed by atoms with van der Waals surface area (Å²) in [4.78, 5) is 21.4. The first-order valence-electron chi connectivity index (χ1n) is 15.4. The lowest BCUT2D eigenvalue weighted by Gasteiger charge is -2.39. The van der Waals surface area contributed by atoms with Crippen molar-refractivity contribution in [3.05, 3.63) is 63.0 Å². The molecule has 3 aliphatic heterocycles. The van der Waals surface area contributed by atoms with E-state index in [1.54, 1.807) is 18.4 Å². The van der Waals surface area contributed by atoms with Crippen molar-refractivity contribution in [2.24, 2.45) is 5.92 Å². The van der Waals surface area contributed by atoms with Crippen LogP contribution in [0.1, 0.15) is 52.6 Å². The molecule has 43 heavy (non-hydrogen) atoms. The summed E-state index contributed by atoms with van der Waals surface area (Å²) in [5.74, 6) is -0.462. The lowest BCUT2D eigenvalue weighted by atomic mass is 9.87. The quantitative estimate of drug-likeness (QED) is 0.346. The number of hydrogen-bond acceptors (Lipinski definition) is 8. The van der Waals surface area contributed by atoms with E-state index in [-0.39, 0.29) is 6.10 Å². The van der Waals surface area contributed by atoms with Gasteiger partial charge in [0.25, 0.3) is 0 Å². The molecule has 2 saturated heterocycles. The average Bonchev–Trinajstić information content (AvgIpc) is 3.52. The van der Waals surface area contributed by atoms with Crippen LogP contribution in [0.3, 0.4) is 0 Å².